The van der Waals surface area contributed by atoms with Crippen LogP contribution in [0.3, 0.4) is 0 Å². The first-order valence-corrected chi connectivity index (χ1v) is 12.9. The standard InChI is InChI=1S/C28H34N6O2/c1-3-8-26(27-30-31-32-34(27)19-24-11-7-14-36-24)33(17-21-9-5-4-6-10-21)18-23-16-22-13-12-20(2)15-25(22)29-28(23)35/h4-6,9-10,12-13,15-16,24,26H,3,7-8,11,14,17-19H2,1-2H3,(H,29,35)/t24-,26-/m1/s1. The van der Waals surface area contributed by atoms with Crippen LogP contribution in [0.4, 0.5) is 0 Å². The van der Waals surface area contributed by atoms with Crippen LogP contribution in [0.5, 0.6) is 0 Å². The second-order valence-corrected chi connectivity index (χ2v) is 9.76. The van der Waals surface area contributed by atoms with E-state index in [0.29, 0.717) is 19.6 Å². The summed E-state index contributed by atoms with van der Waals surface area (Å²) in [5.41, 5.74) is 3.85. The molecule has 0 amide bonds. The van der Waals surface area contributed by atoms with E-state index in [2.05, 4.69) is 68.7 Å². The fourth-order valence-corrected chi connectivity index (χ4v) is 5.10. The molecule has 1 saturated heterocycles. The quantitative estimate of drug-likeness (QED) is 0.354. The molecule has 2 aromatic carbocycles. The SMILES string of the molecule is CCC[C@H](c1nnnn1C[C@H]1CCCO1)N(Cc1ccccc1)Cc1cc2ccc(C)cc2[nH]c1=O. The number of fused-ring (bicyclic) bond motifs is 1. The van der Waals surface area contributed by atoms with Gasteiger partial charge in [0.2, 0.25) is 0 Å². The monoisotopic (exact) mass is 486 g/mol. The van der Waals surface area contributed by atoms with E-state index in [0.717, 1.165) is 60.1 Å². The van der Waals surface area contributed by atoms with Gasteiger partial charge in [0.25, 0.3) is 5.56 Å². The number of aromatic amines is 1. The number of nitrogens with zero attached hydrogens (tertiary/aromatic N) is 5. The van der Waals surface area contributed by atoms with Crippen molar-refractivity contribution in [2.24, 2.45) is 0 Å². The van der Waals surface area contributed by atoms with Crippen molar-refractivity contribution >= 4 is 10.9 Å². The van der Waals surface area contributed by atoms with Gasteiger partial charge in [-0.15, -0.1) is 5.10 Å². The zero-order valence-corrected chi connectivity index (χ0v) is 21.1. The zero-order valence-electron chi connectivity index (χ0n) is 21.1. The molecular formula is C28H34N6O2. The third-order valence-electron chi connectivity index (χ3n) is 6.94. The molecule has 1 fully saturated rings. The molecular weight excluding hydrogens is 452 g/mol. The summed E-state index contributed by atoms with van der Waals surface area (Å²) < 4.78 is 7.77. The Balaban J connectivity index is 1.51. The molecule has 0 unspecified atom stereocenters. The van der Waals surface area contributed by atoms with Crippen LogP contribution in [-0.4, -0.2) is 42.8 Å². The topological polar surface area (TPSA) is 88.9 Å². The maximum absolute atomic E-state index is 13.2. The molecule has 3 heterocycles. The summed E-state index contributed by atoms with van der Waals surface area (Å²) in [6, 6.07) is 18.5. The summed E-state index contributed by atoms with van der Waals surface area (Å²) in [4.78, 5) is 18.6. The van der Waals surface area contributed by atoms with Crippen molar-refractivity contribution in [2.75, 3.05) is 6.61 Å². The molecule has 1 N–H and O–H groups in total. The predicted octanol–water partition coefficient (Wildman–Crippen LogP) is 4.55. The molecule has 2 aromatic heterocycles. The molecule has 0 radical (unpaired) electrons. The summed E-state index contributed by atoms with van der Waals surface area (Å²) >= 11 is 0. The molecule has 2 atom stereocenters. The number of hydrogen-bond donors (Lipinski definition) is 1. The smallest absolute Gasteiger partial charge is 0.252 e. The maximum Gasteiger partial charge on any atom is 0.252 e. The number of rotatable bonds is 10. The molecule has 0 aliphatic carbocycles. The lowest BCUT2D eigenvalue weighted by atomic mass is 10.0. The predicted molar refractivity (Wildman–Crippen MR) is 139 cm³/mol. The van der Waals surface area contributed by atoms with Crippen molar-refractivity contribution in [1.29, 1.82) is 0 Å². The van der Waals surface area contributed by atoms with E-state index in [1.165, 1.54) is 5.56 Å². The molecule has 1 aliphatic rings. The molecule has 8 nitrogen and oxygen atoms in total. The normalized spacial score (nSPS) is 16.7. The van der Waals surface area contributed by atoms with Gasteiger partial charge in [-0.1, -0.05) is 55.8 Å². The minimum atomic E-state index is -0.0552. The van der Waals surface area contributed by atoms with Crippen molar-refractivity contribution in [3.63, 3.8) is 0 Å². The number of hydrogen-bond acceptors (Lipinski definition) is 6. The van der Waals surface area contributed by atoms with Gasteiger partial charge in [0, 0.05) is 30.8 Å². The van der Waals surface area contributed by atoms with Crippen LogP contribution in [0.2, 0.25) is 0 Å². The molecule has 0 saturated carbocycles. The third kappa shape index (κ3) is 5.55. The van der Waals surface area contributed by atoms with Gasteiger partial charge < -0.3 is 9.72 Å². The number of benzene rings is 2. The van der Waals surface area contributed by atoms with E-state index in [9.17, 15) is 4.79 Å². The van der Waals surface area contributed by atoms with Crippen LogP contribution in [0.1, 0.15) is 61.2 Å². The zero-order chi connectivity index (χ0) is 24.9. The Kier molecular flexibility index (Phi) is 7.53. The Morgan fingerprint density at radius 2 is 2.03 bits per heavy atom. The van der Waals surface area contributed by atoms with Crippen LogP contribution < -0.4 is 5.56 Å². The van der Waals surface area contributed by atoms with Crippen LogP contribution in [0, 0.1) is 6.92 Å². The first-order chi connectivity index (χ1) is 17.6. The van der Waals surface area contributed by atoms with Gasteiger partial charge in [-0.3, -0.25) is 9.69 Å². The molecule has 5 rings (SSSR count). The van der Waals surface area contributed by atoms with Crippen molar-refractivity contribution in [2.45, 2.75) is 71.3 Å². The van der Waals surface area contributed by atoms with Crippen molar-refractivity contribution < 1.29 is 4.74 Å². The van der Waals surface area contributed by atoms with Crippen LogP contribution in [0.15, 0.2) is 59.4 Å². The van der Waals surface area contributed by atoms with Crippen molar-refractivity contribution in [3.8, 4) is 0 Å². The first-order valence-electron chi connectivity index (χ1n) is 12.9. The van der Waals surface area contributed by atoms with E-state index in [1.807, 2.05) is 29.8 Å². The fraction of sp³-hybridized carbons (Fsp3) is 0.429. The number of H-pyrrole nitrogens is 1. The number of pyridine rings is 1. The van der Waals surface area contributed by atoms with E-state index >= 15 is 0 Å². The van der Waals surface area contributed by atoms with Crippen molar-refractivity contribution in [1.82, 2.24) is 30.1 Å². The molecule has 8 heteroatoms. The maximum atomic E-state index is 13.2. The van der Waals surface area contributed by atoms with Gasteiger partial charge >= 0.3 is 0 Å². The highest BCUT2D eigenvalue weighted by Gasteiger charge is 2.28. The van der Waals surface area contributed by atoms with E-state index < -0.39 is 0 Å². The summed E-state index contributed by atoms with van der Waals surface area (Å²) in [7, 11) is 0. The minimum absolute atomic E-state index is 0.0419. The summed E-state index contributed by atoms with van der Waals surface area (Å²) in [6.45, 7) is 6.83. The van der Waals surface area contributed by atoms with Crippen molar-refractivity contribution in [3.05, 3.63) is 87.5 Å². The Hall–Kier alpha value is -3.36. The Labute approximate surface area is 211 Å². The van der Waals surface area contributed by atoms with Gasteiger partial charge in [0.15, 0.2) is 5.82 Å². The first kappa shape index (κ1) is 24.3. The average Bonchev–Trinajstić information content (AvgIpc) is 3.56. The summed E-state index contributed by atoms with van der Waals surface area (Å²) in [5.74, 6) is 0.830. The second kappa shape index (κ2) is 11.1. The fourth-order valence-electron chi connectivity index (χ4n) is 5.10. The largest absolute Gasteiger partial charge is 0.376 e. The number of ether oxygens (including phenoxy) is 1. The number of nitrogens with one attached hydrogen (secondary N) is 1. The lowest BCUT2D eigenvalue weighted by Gasteiger charge is -2.31. The number of tetrazole rings is 1. The molecule has 1 aliphatic heterocycles. The van der Waals surface area contributed by atoms with E-state index in [1.54, 1.807) is 0 Å². The van der Waals surface area contributed by atoms with Gasteiger partial charge in [-0.2, -0.15) is 0 Å². The van der Waals surface area contributed by atoms with Crippen LogP contribution >= 0.6 is 0 Å². The van der Waals surface area contributed by atoms with Gasteiger partial charge in [0.05, 0.1) is 18.7 Å². The second-order valence-electron chi connectivity index (χ2n) is 9.76. The Morgan fingerprint density at radius 1 is 1.17 bits per heavy atom. The number of aromatic nitrogens is 5. The molecule has 0 bridgehead atoms. The molecule has 0 spiro atoms. The molecule has 188 valence electrons. The van der Waals surface area contributed by atoms with Gasteiger partial charge in [-0.05, 0) is 65.3 Å². The summed E-state index contributed by atoms with van der Waals surface area (Å²) in [5, 5.41) is 13.9. The Bertz CT molecular complexity index is 1340. The molecule has 4 aromatic rings. The number of aryl methyl sites for hydroxylation is 1. The van der Waals surface area contributed by atoms with Gasteiger partial charge in [-0.25, -0.2) is 4.68 Å². The molecule has 36 heavy (non-hydrogen) atoms. The highest BCUT2D eigenvalue weighted by Crippen LogP contribution is 2.28. The summed E-state index contributed by atoms with van der Waals surface area (Å²) in [6.07, 6.45) is 4.09. The average molecular weight is 487 g/mol. The van der Waals surface area contributed by atoms with Crippen LogP contribution in [-0.2, 0) is 24.4 Å². The van der Waals surface area contributed by atoms with E-state index in [4.69, 9.17) is 4.74 Å². The highest BCUT2D eigenvalue weighted by atomic mass is 16.5. The third-order valence-corrected chi connectivity index (χ3v) is 6.94. The lowest BCUT2D eigenvalue weighted by molar-refractivity contribution is 0.0885. The minimum Gasteiger partial charge on any atom is -0.376 e. The Morgan fingerprint density at radius 3 is 2.81 bits per heavy atom. The van der Waals surface area contributed by atoms with E-state index in [-0.39, 0.29) is 17.7 Å². The highest BCUT2D eigenvalue weighted by molar-refractivity contribution is 5.79. The lowest BCUT2D eigenvalue weighted by Crippen LogP contribution is -2.33. The van der Waals surface area contributed by atoms with Crippen LogP contribution in [0.25, 0.3) is 10.9 Å². The van der Waals surface area contributed by atoms with Gasteiger partial charge in [0.1, 0.15) is 0 Å².